The molecule has 1 aliphatic heterocycles. The maximum atomic E-state index is 13.6. The molecule has 1 saturated heterocycles. The highest BCUT2D eigenvalue weighted by molar-refractivity contribution is 5.28. The van der Waals surface area contributed by atoms with E-state index < -0.39 is 0 Å². The first-order chi connectivity index (χ1) is 22.6. The van der Waals surface area contributed by atoms with Crippen molar-refractivity contribution in [1.29, 1.82) is 0 Å². The first-order valence-electron chi connectivity index (χ1n) is 15.2. The van der Waals surface area contributed by atoms with Crippen LogP contribution in [0, 0.1) is 11.6 Å². The molecule has 7 rings (SSSR count). The number of benzene rings is 4. The molecule has 6 aromatic rings. The number of hydrogen-bond donors (Lipinski definition) is 0. The Balaban J connectivity index is 1.16. The highest BCUT2D eigenvalue weighted by atomic mass is 19.1. The fraction of sp³-hybridized carbons (Fsp3) is 0.235. The summed E-state index contributed by atoms with van der Waals surface area (Å²) in [6, 6.07) is 33.0. The van der Waals surface area contributed by atoms with Crippen LogP contribution in [-0.2, 0) is 13.1 Å². The molecule has 46 heavy (non-hydrogen) atoms. The fourth-order valence-electron chi connectivity index (χ4n) is 6.14. The van der Waals surface area contributed by atoms with Gasteiger partial charge in [0.05, 0.1) is 25.2 Å². The molecule has 0 saturated carbocycles. The molecule has 232 valence electrons. The van der Waals surface area contributed by atoms with E-state index in [0.29, 0.717) is 13.1 Å². The van der Waals surface area contributed by atoms with Gasteiger partial charge in [0.2, 0.25) is 0 Å². The Morgan fingerprint density at radius 3 is 1.24 bits per heavy atom. The summed E-state index contributed by atoms with van der Waals surface area (Å²) >= 11 is 0. The van der Waals surface area contributed by atoms with Crippen molar-refractivity contribution in [3.05, 3.63) is 155 Å². The average Bonchev–Trinajstić information content (AvgIpc) is 3.75. The summed E-state index contributed by atoms with van der Waals surface area (Å²) in [5, 5.41) is 25.7. The molecule has 0 N–H and O–H groups in total. The predicted octanol–water partition coefficient (Wildman–Crippen LogP) is 4.53. The third kappa shape index (κ3) is 6.44. The topological polar surface area (TPSA) is 93.7 Å². The lowest BCUT2D eigenvalue weighted by atomic mass is 10.0. The summed E-state index contributed by atoms with van der Waals surface area (Å²) in [5.41, 5.74) is 4.01. The highest BCUT2D eigenvalue weighted by Gasteiger charge is 2.35. The molecule has 3 heterocycles. The van der Waals surface area contributed by atoms with Crippen molar-refractivity contribution in [2.24, 2.45) is 0 Å². The molecule has 0 unspecified atom stereocenters. The standard InChI is InChI=1S/C34H32F2N10/c35-29-15-11-25(12-16-29)23-45-33(37-39-41-45)31(27-7-3-1-4-8-27)43-19-21-44(22-20-43)32(28-9-5-2-6-10-28)34-38-40-42-46(34)24-26-13-17-30(36)18-14-26/h1-18,31-32H,19-24H2/t31-,32-/m0/s1. The quantitative estimate of drug-likeness (QED) is 0.221. The lowest BCUT2D eigenvalue weighted by molar-refractivity contribution is 0.0825. The molecule has 12 heteroatoms. The van der Waals surface area contributed by atoms with Gasteiger partial charge in [-0.25, -0.2) is 18.1 Å². The second-order valence-electron chi connectivity index (χ2n) is 11.3. The number of halogens is 2. The van der Waals surface area contributed by atoms with Crippen LogP contribution in [0.4, 0.5) is 8.78 Å². The third-order valence-corrected chi connectivity index (χ3v) is 8.41. The summed E-state index contributed by atoms with van der Waals surface area (Å²) < 4.78 is 30.7. The maximum absolute atomic E-state index is 13.6. The van der Waals surface area contributed by atoms with Gasteiger partial charge in [0.15, 0.2) is 11.6 Å². The van der Waals surface area contributed by atoms with Crippen molar-refractivity contribution < 1.29 is 8.78 Å². The zero-order valence-electron chi connectivity index (χ0n) is 25.0. The van der Waals surface area contributed by atoms with Gasteiger partial charge in [-0.2, -0.15) is 0 Å². The average molecular weight is 619 g/mol. The Bertz CT molecular complexity index is 1700. The van der Waals surface area contributed by atoms with E-state index in [1.165, 1.54) is 24.3 Å². The molecule has 1 aliphatic rings. The molecule has 0 aliphatic carbocycles. The molecule has 0 spiro atoms. The molecule has 1 fully saturated rings. The second kappa shape index (κ2) is 13.4. The minimum Gasteiger partial charge on any atom is -0.287 e. The summed E-state index contributed by atoms with van der Waals surface area (Å²) in [7, 11) is 0. The summed E-state index contributed by atoms with van der Waals surface area (Å²) in [6.45, 7) is 3.83. The minimum absolute atomic E-state index is 0.183. The predicted molar refractivity (Wildman–Crippen MR) is 166 cm³/mol. The van der Waals surface area contributed by atoms with E-state index in [4.69, 9.17) is 0 Å². The summed E-state index contributed by atoms with van der Waals surface area (Å²) in [4.78, 5) is 4.81. The van der Waals surface area contributed by atoms with Gasteiger partial charge in [0.25, 0.3) is 0 Å². The Morgan fingerprint density at radius 1 is 0.500 bits per heavy atom. The minimum atomic E-state index is -0.279. The van der Waals surface area contributed by atoms with Gasteiger partial charge in [-0.3, -0.25) is 9.80 Å². The zero-order chi connectivity index (χ0) is 31.3. The van der Waals surface area contributed by atoms with Crippen LogP contribution in [0.15, 0.2) is 109 Å². The van der Waals surface area contributed by atoms with E-state index in [2.05, 4.69) is 65.1 Å². The largest absolute Gasteiger partial charge is 0.287 e. The molecule has 4 aromatic carbocycles. The number of tetrazole rings is 2. The third-order valence-electron chi connectivity index (χ3n) is 8.41. The summed E-state index contributed by atoms with van der Waals surface area (Å²) in [6.07, 6.45) is 0. The number of piperazine rings is 1. The van der Waals surface area contributed by atoms with Crippen molar-refractivity contribution >= 4 is 0 Å². The van der Waals surface area contributed by atoms with Crippen molar-refractivity contribution in [3.8, 4) is 0 Å². The van der Waals surface area contributed by atoms with Crippen LogP contribution < -0.4 is 0 Å². The number of rotatable bonds is 10. The van der Waals surface area contributed by atoms with Gasteiger partial charge in [0.1, 0.15) is 11.6 Å². The molecular weight excluding hydrogens is 586 g/mol. The van der Waals surface area contributed by atoms with Gasteiger partial charge >= 0.3 is 0 Å². The van der Waals surface area contributed by atoms with Crippen LogP contribution in [0.1, 0.15) is 46.0 Å². The van der Waals surface area contributed by atoms with Crippen LogP contribution in [-0.4, -0.2) is 76.4 Å². The second-order valence-corrected chi connectivity index (χ2v) is 11.3. The molecule has 2 atom stereocenters. The van der Waals surface area contributed by atoms with E-state index in [1.807, 2.05) is 36.4 Å². The van der Waals surface area contributed by atoms with E-state index in [1.54, 1.807) is 33.6 Å². The van der Waals surface area contributed by atoms with Gasteiger partial charge < -0.3 is 0 Å². The van der Waals surface area contributed by atoms with Crippen LogP contribution in [0.3, 0.4) is 0 Å². The zero-order valence-corrected chi connectivity index (χ0v) is 25.0. The van der Waals surface area contributed by atoms with E-state index in [9.17, 15) is 8.78 Å². The molecule has 0 bridgehead atoms. The molecule has 10 nitrogen and oxygen atoms in total. The van der Waals surface area contributed by atoms with Gasteiger partial charge in [-0.15, -0.1) is 10.2 Å². The van der Waals surface area contributed by atoms with E-state index in [0.717, 1.165) is 60.1 Å². The number of hydrogen-bond acceptors (Lipinski definition) is 8. The van der Waals surface area contributed by atoms with Gasteiger partial charge in [-0.1, -0.05) is 84.9 Å². The maximum Gasteiger partial charge on any atom is 0.173 e. The SMILES string of the molecule is Fc1ccc(Cn2nnnc2[C@H](c2ccccc2)N2CCN([C@@H](c3ccccc3)c3nnnn3Cc3ccc(F)cc3)CC2)cc1. The molecule has 0 amide bonds. The number of aromatic nitrogens is 8. The highest BCUT2D eigenvalue weighted by Crippen LogP contribution is 2.32. The first kappa shape index (κ1) is 29.5. The summed E-state index contributed by atoms with van der Waals surface area (Å²) in [5.74, 6) is 0.900. The monoisotopic (exact) mass is 618 g/mol. The Labute approximate surface area is 264 Å². The van der Waals surface area contributed by atoms with E-state index >= 15 is 0 Å². The van der Waals surface area contributed by atoms with E-state index in [-0.39, 0.29) is 23.7 Å². The van der Waals surface area contributed by atoms with Crippen LogP contribution in [0.2, 0.25) is 0 Å². The van der Waals surface area contributed by atoms with Crippen molar-refractivity contribution in [2.45, 2.75) is 25.2 Å². The Kier molecular flexibility index (Phi) is 8.61. The van der Waals surface area contributed by atoms with Crippen LogP contribution >= 0.6 is 0 Å². The van der Waals surface area contributed by atoms with Crippen molar-refractivity contribution in [2.75, 3.05) is 26.2 Å². The van der Waals surface area contributed by atoms with Gasteiger partial charge in [-0.05, 0) is 67.4 Å². The van der Waals surface area contributed by atoms with Crippen molar-refractivity contribution in [1.82, 2.24) is 50.2 Å². The lowest BCUT2D eigenvalue weighted by Gasteiger charge is -2.41. The smallest absolute Gasteiger partial charge is 0.173 e. The van der Waals surface area contributed by atoms with Gasteiger partial charge in [0, 0.05) is 26.2 Å². The normalized spacial score (nSPS) is 15.5. The molecular formula is C34H32F2N10. The molecule has 0 radical (unpaired) electrons. The first-order valence-corrected chi connectivity index (χ1v) is 15.2. The Morgan fingerprint density at radius 2 is 0.870 bits per heavy atom. The van der Waals surface area contributed by atoms with Crippen LogP contribution in [0.25, 0.3) is 0 Å². The Hall–Kier alpha value is -5.20. The van der Waals surface area contributed by atoms with Crippen LogP contribution in [0.5, 0.6) is 0 Å². The number of nitrogens with zero attached hydrogens (tertiary/aromatic N) is 10. The molecule has 2 aromatic heterocycles. The lowest BCUT2D eigenvalue weighted by Crippen LogP contribution is -2.50. The fourth-order valence-corrected chi connectivity index (χ4v) is 6.14. The van der Waals surface area contributed by atoms with Crippen molar-refractivity contribution in [3.63, 3.8) is 0 Å².